The standard InChI is InChI=1S/C22H19FN6O3.ClH/c23-19-10-16(21-26-28-29-27-21)12-25-22(19)32-18-6-4-14(5-7-18)15-3-1-2-13(8-15)9-17(24)11-20(30)31;/h1-8,10,12,17H,9,11,24H2,(H,30,31)(H,26,27,28,29);1H. The number of aromatic amines is 1. The topological polar surface area (TPSA) is 140 Å². The number of hydrogen-bond acceptors (Lipinski definition) is 7. The van der Waals surface area contributed by atoms with E-state index in [1.54, 1.807) is 12.1 Å². The van der Waals surface area contributed by atoms with Gasteiger partial charge in [0, 0.05) is 17.8 Å². The van der Waals surface area contributed by atoms with Gasteiger partial charge in [-0.15, -0.1) is 22.6 Å². The first kappa shape index (κ1) is 23.8. The summed E-state index contributed by atoms with van der Waals surface area (Å²) in [5.41, 5.74) is 9.09. The molecule has 33 heavy (non-hydrogen) atoms. The number of H-pyrrole nitrogens is 1. The van der Waals surface area contributed by atoms with Crippen molar-refractivity contribution in [1.82, 2.24) is 25.6 Å². The predicted octanol–water partition coefficient (Wildman–Crippen LogP) is 3.63. The van der Waals surface area contributed by atoms with E-state index in [0.29, 0.717) is 17.7 Å². The second kappa shape index (κ2) is 10.6. The number of carboxylic acids is 1. The van der Waals surface area contributed by atoms with Crippen molar-refractivity contribution < 1.29 is 19.0 Å². The zero-order chi connectivity index (χ0) is 22.5. The first-order chi connectivity index (χ1) is 15.5. The lowest BCUT2D eigenvalue weighted by atomic mass is 9.98. The Balaban J connectivity index is 0.00000306. The third-order valence-electron chi connectivity index (χ3n) is 4.67. The molecule has 1 unspecified atom stereocenters. The lowest BCUT2D eigenvalue weighted by Gasteiger charge is -2.11. The number of hydrogen-bond donors (Lipinski definition) is 3. The SMILES string of the molecule is Cl.NC(CC(=O)O)Cc1cccc(-c2ccc(Oc3ncc(-c4nn[nH]n4)cc3F)cc2)c1. The highest BCUT2D eigenvalue weighted by molar-refractivity contribution is 5.85. The van der Waals surface area contributed by atoms with Gasteiger partial charge < -0.3 is 15.6 Å². The maximum absolute atomic E-state index is 14.4. The molecule has 1 atom stereocenters. The number of benzene rings is 2. The van der Waals surface area contributed by atoms with Crippen molar-refractivity contribution in [3.05, 3.63) is 72.2 Å². The smallest absolute Gasteiger partial charge is 0.304 e. The summed E-state index contributed by atoms with van der Waals surface area (Å²) < 4.78 is 19.9. The molecule has 0 aliphatic rings. The Morgan fingerprint density at radius 1 is 1.12 bits per heavy atom. The van der Waals surface area contributed by atoms with Crippen LogP contribution in [0.3, 0.4) is 0 Å². The van der Waals surface area contributed by atoms with Crippen molar-refractivity contribution >= 4 is 18.4 Å². The van der Waals surface area contributed by atoms with Crippen LogP contribution in [0.2, 0.25) is 0 Å². The minimum absolute atomic E-state index is 0. The molecule has 0 radical (unpaired) electrons. The second-order valence-electron chi connectivity index (χ2n) is 7.14. The highest BCUT2D eigenvalue weighted by atomic mass is 35.5. The molecular weight excluding hydrogens is 451 g/mol. The van der Waals surface area contributed by atoms with Crippen LogP contribution in [0, 0.1) is 5.82 Å². The molecule has 0 spiro atoms. The molecular formula is C22H20ClFN6O3. The average Bonchev–Trinajstić information content (AvgIpc) is 3.30. The number of ether oxygens (including phenoxy) is 1. The molecule has 4 aromatic rings. The Hall–Kier alpha value is -3.89. The van der Waals surface area contributed by atoms with E-state index in [9.17, 15) is 9.18 Å². The van der Waals surface area contributed by atoms with Gasteiger partial charge in [-0.05, 0) is 46.5 Å². The fourth-order valence-corrected chi connectivity index (χ4v) is 3.21. The molecule has 0 fully saturated rings. The normalized spacial score (nSPS) is 11.5. The van der Waals surface area contributed by atoms with E-state index in [2.05, 4.69) is 25.6 Å². The minimum Gasteiger partial charge on any atom is -0.481 e. The Morgan fingerprint density at radius 3 is 2.58 bits per heavy atom. The molecule has 9 nitrogen and oxygen atoms in total. The molecule has 0 aliphatic heterocycles. The molecule has 170 valence electrons. The van der Waals surface area contributed by atoms with E-state index in [-0.39, 0.29) is 30.5 Å². The van der Waals surface area contributed by atoms with E-state index in [1.165, 1.54) is 12.3 Å². The summed E-state index contributed by atoms with van der Waals surface area (Å²) in [5.74, 6) is -1.08. The monoisotopic (exact) mass is 470 g/mol. The van der Waals surface area contributed by atoms with Gasteiger partial charge >= 0.3 is 5.97 Å². The van der Waals surface area contributed by atoms with Crippen molar-refractivity contribution in [2.45, 2.75) is 18.9 Å². The van der Waals surface area contributed by atoms with Crippen LogP contribution in [0.15, 0.2) is 60.8 Å². The number of rotatable bonds is 8. The van der Waals surface area contributed by atoms with Gasteiger partial charge in [0.1, 0.15) is 5.75 Å². The van der Waals surface area contributed by atoms with Crippen LogP contribution in [-0.4, -0.2) is 42.7 Å². The van der Waals surface area contributed by atoms with Gasteiger partial charge in [0.25, 0.3) is 5.88 Å². The summed E-state index contributed by atoms with van der Waals surface area (Å²) in [6, 6.07) is 15.6. The van der Waals surface area contributed by atoms with Gasteiger partial charge in [0.2, 0.25) is 5.82 Å². The molecule has 0 amide bonds. The highest BCUT2D eigenvalue weighted by Gasteiger charge is 2.12. The van der Waals surface area contributed by atoms with Gasteiger partial charge in [-0.3, -0.25) is 4.79 Å². The van der Waals surface area contributed by atoms with E-state index in [0.717, 1.165) is 16.7 Å². The maximum atomic E-state index is 14.4. The van der Waals surface area contributed by atoms with Gasteiger partial charge in [-0.25, -0.2) is 9.37 Å². The van der Waals surface area contributed by atoms with Crippen molar-refractivity contribution in [3.8, 4) is 34.1 Å². The van der Waals surface area contributed by atoms with E-state index >= 15 is 0 Å². The quantitative estimate of drug-likeness (QED) is 0.354. The molecule has 4 N–H and O–H groups in total. The van der Waals surface area contributed by atoms with Crippen molar-refractivity contribution in [2.75, 3.05) is 0 Å². The Labute approximate surface area is 194 Å². The first-order valence-corrected chi connectivity index (χ1v) is 9.72. The molecule has 0 bridgehead atoms. The summed E-state index contributed by atoms with van der Waals surface area (Å²) in [5, 5.41) is 22.2. The zero-order valence-electron chi connectivity index (χ0n) is 17.2. The molecule has 11 heteroatoms. The largest absolute Gasteiger partial charge is 0.481 e. The molecule has 2 aromatic carbocycles. The molecule has 0 saturated carbocycles. The minimum atomic E-state index is -0.917. The number of nitrogens with two attached hydrogens (primary N) is 1. The third kappa shape index (κ3) is 6.09. The fourth-order valence-electron chi connectivity index (χ4n) is 3.21. The summed E-state index contributed by atoms with van der Waals surface area (Å²) >= 11 is 0. The van der Waals surface area contributed by atoms with Crippen molar-refractivity contribution in [1.29, 1.82) is 0 Å². The van der Waals surface area contributed by atoms with Crippen LogP contribution in [0.25, 0.3) is 22.5 Å². The van der Waals surface area contributed by atoms with Crippen molar-refractivity contribution in [2.24, 2.45) is 5.73 Å². The van der Waals surface area contributed by atoms with Gasteiger partial charge in [-0.1, -0.05) is 36.4 Å². The number of nitrogens with one attached hydrogen (secondary N) is 1. The van der Waals surface area contributed by atoms with Gasteiger partial charge in [0.05, 0.1) is 6.42 Å². The molecule has 2 aromatic heterocycles. The summed E-state index contributed by atoms with van der Waals surface area (Å²) in [4.78, 5) is 14.8. The van der Waals surface area contributed by atoms with Gasteiger partial charge in [-0.2, -0.15) is 5.21 Å². The van der Waals surface area contributed by atoms with E-state index in [1.807, 2.05) is 36.4 Å². The Kier molecular flexibility index (Phi) is 7.65. The summed E-state index contributed by atoms with van der Waals surface area (Å²) in [7, 11) is 0. The van der Waals surface area contributed by atoms with Crippen LogP contribution in [0.4, 0.5) is 4.39 Å². The molecule has 4 rings (SSSR count). The molecule has 2 heterocycles. The van der Waals surface area contributed by atoms with Crippen LogP contribution in [0.5, 0.6) is 11.6 Å². The first-order valence-electron chi connectivity index (χ1n) is 9.72. The highest BCUT2D eigenvalue weighted by Crippen LogP contribution is 2.28. The second-order valence-corrected chi connectivity index (χ2v) is 7.14. The molecule has 0 saturated heterocycles. The van der Waals surface area contributed by atoms with E-state index in [4.69, 9.17) is 15.6 Å². The van der Waals surface area contributed by atoms with Crippen molar-refractivity contribution in [3.63, 3.8) is 0 Å². The maximum Gasteiger partial charge on any atom is 0.304 e. The number of tetrazole rings is 1. The van der Waals surface area contributed by atoms with E-state index < -0.39 is 17.8 Å². The third-order valence-corrected chi connectivity index (χ3v) is 4.67. The number of carbonyl (C=O) groups is 1. The van der Waals surface area contributed by atoms with Gasteiger partial charge in [0.15, 0.2) is 5.82 Å². The number of aliphatic carboxylic acids is 1. The number of aromatic nitrogens is 5. The zero-order valence-corrected chi connectivity index (χ0v) is 18.0. The van der Waals surface area contributed by atoms with Crippen LogP contribution in [0.1, 0.15) is 12.0 Å². The number of nitrogens with zero attached hydrogens (tertiary/aromatic N) is 4. The predicted molar refractivity (Wildman–Crippen MR) is 120 cm³/mol. The summed E-state index contributed by atoms with van der Waals surface area (Å²) in [6.07, 6.45) is 1.78. The number of pyridine rings is 1. The fraction of sp³-hybridized carbons (Fsp3) is 0.136. The van der Waals surface area contributed by atoms with Crippen LogP contribution in [-0.2, 0) is 11.2 Å². The number of halogens is 2. The Bertz CT molecular complexity index is 1220. The number of carboxylic acid groups (broad SMARTS) is 1. The lowest BCUT2D eigenvalue weighted by Crippen LogP contribution is -2.26. The summed E-state index contributed by atoms with van der Waals surface area (Å²) in [6.45, 7) is 0. The molecule has 0 aliphatic carbocycles. The lowest BCUT2D eigenvalue weighted by molar-refractivity contribution is -0.137. The van der Waals surface area contributed by atoms with Crippen LogP contribution >= 0.6 is 12.4 Å². The average molecular weight is 471 g/mol. The Morgan fingerprint density at radius 2 is 1.91 bits per heavy atom. The van der Waals surface area contributed by atoms with Crippen LogP contribution < -0.4 is 10.5 Å².